The van der Waals surface area contributed by atoms with Crippen LogP contribution in [0.3, 0.4) is 0 Å². The van der Waals surface area contributed by atoms with E-state index in [0.717, 1.165) is 28.1 Å². The molecule has 19 heavy (non-hydrogen) atoms. The molecule has 0 bridgehead atoms. The number of carbonyl (C=O) groups excluding carboxylic acids is 1. The summed E-state index contributed by atoms with van der Waals surface area (Å²) in [5.74, 6) is 0.986. The molecular formula is C15H14BrNO2. The Morgan fingerprint density at radius 1 is 1.16 bits per heavy atom. The molecule has 1 aliphatic rings. The molecule has 0 unspecified atom stereocenters. The van der Waals surface area contributed by atoms with Crippen molar-refractivity contribution in [3.05, 3.63) is 34.9 Å². The van der Waals surface area contributed by atoms with Gasteiger partial charge in [-0.3, -0.25) is 4.79 Å². The molecule has 1 saturated carbocycles. The highest BCUT2D eigenvalue weighted by atomic mass is 79.9. The first-order chi connectivity index (χ1) is 9.20. The first-order valence-corrected chi connectivity index (χ1v) is 7.24. The third-order valence-corrected chi connectivity index (χ3v) is 3.93. The van der Waals surface area contributed by atoms with Gasteiger partial charge in [-0.25, -0.2) is 4.98 Å². The average molecular weight is 320 g/mol. The fraction of sp³-hybridized carbons (Fsp3) is 0.333. The maximum atomic E-state index is 11.2. The summed E-state index contributed by atoms with van der Waals surface area (Å²) in [6.45, 7) is 0. The molecular weight excluding hydrogens is 306 g/mol. The predicted molar refractivity (Wildman–Crippen MR) is 77.3 cm³/mol. The fourth-order valence-corrected chi connectivity index (χ4v) is 2.74. The Labute approximate surface area is 120 Å². The van der Waals surface area contributed by atoms with Gasteiger partial charge in [-0.15, -0.1) is 0 Å². The molecule has 98 valence electrons. The highest BCUT2D eigenvalue weighted by molar-refractivity contribution is 9.10. The van der Waals surface area contributed by atoms with E-state index in [9.17, 15) is 4.79 Å². The van der Waals surface area contributed by atoms with Crippen LogP contribution in [0.4, 0.5) is 0 Å². The number of hydrogen-bond acceptors (Lipinski definition) is 3. The minimum Gasteiger partial charge on any atom is -0.474 e. The number of Topliss-reactive ketones (excluding diaryl/α,β-unsaturated/α-hetero) is 1. The zero-order chi connectivity index (χ0) is 13.2. The number of nitrogens with zero attached hydrogens (tertiary/aromatic N) is 1. The fourth-order valence-electron chi connectivity index (χ4n) is 2.36. The van der Waals surface area contributed by atoms with Crippen LogP contribution in [0.1, 0.15) is 25.7 Å². The van der Waals surface area contributed by atoms with Crippen molar-refractivity contribution in [2.75, 3.05) is 0 Å². The van der Waals surface area contributed by atoms with E-state index in [1.54, 1.807) is 0 Å². The normalized spacial score (nSPS) is 16.8. The van der Waals surface area contributed by atoms with Crippen LogP contribution in [0.5, 0.6) is 5.88 Å². The molecule has 0 N–H and O–H groups in total. The second-order valence-corrected chi connectivity index (χ2v) is 5.79. The van der Waals surface area contributed by atoms with Crippen molar-refractivity contribution >= 4 is 32.5 Å². The van der Waals surface area contributed by atoms with Gasteiger partial charge in [0.25, 0.3) is 0 Å². The van der Waals surface area contributed by atoms with Gasteiger partial charge in [-0.05, 0) is 30.4 Å². The minimum absolute atomic E-state index is 0.120. The molecule has 1 aliphatic carbocycles. The molecule has 0 saturated heterocycles. The van der Waals surface area contributed by atoms with Crippen molar-refractivity contribution in [1.82, 2.24) is 4.98 Å². The van der Waals surface area contributed by atoms with E-state index in [1.165, 1.54) is 0 Å². The van der Waals surface area contributed by atoms with E-state index in [0.29, 0.717) is 24.5 Å². The van der Waals surface area contributed by atoms with Crippen LogP contribution < -0.4 is 4.74 Å². The highest BCUT2D eigenvalue weighted by Gasteiger charge is 2.20. The number of aromatic nitrogens is 1. The number of ketones is 1. The number of benzene rings is 1. The Morgan fingerprint density at radius 2 is 1.95 bits per heavy atom. The van der Waals surface area contributed by atoms with E-state index in [4.69, 9.17) is 4.74 Å². The summed E-state index contributed by atoms with van der Waals surface area (Å²) in [6, 6.07) is 8.03. The van der Waals surface area contributed by atoms with Crippen LogP contribution in [0.25, 0.3) is 10.8 Å². The smallest absolute Gasteiger partial charge is 0.214 e. The Hall–Kier alpha value is -1.42. The van der Waals surface area contributed by atoms with Crippen LogP contribution in [0.2, 0.25) is 0 Å². The molecule has 0 spiro atoms. The van der Waals surface area contributed by atoms with Crippen LogP contribution in [-0.4, -0.2) is 16.9 Å². The van der Waals surface area contributed by atoms with Gasteiger partial charge in [0.15, 0.2) is 0 Å². The number of ether oxygens (including phenoxy) is 1. The van der Waals surface area contributed by atoms with Crippen molar-refractivity contribution < 1.29 is 9.53 Å². The number of fused-ring (bicyclic) bond motifs is 1. The van der Waals surface area contributed by atoms with Gasteiger partial charge in [0.2, 0.25) is 5.88 Å². The standard InChI is InChI=1S/C15H14BrNO2/c16-12-2-1-10-9-17-15(8-11(10)7-12)19-14-5-3-13(18)4-6-14/h1-2,7-9,14H,3-6H2. The van der Waals surface area contributed by atoms with Gasteiger partial charge in [-0.2, -0.15) is 0 Å². The Kier molecular flexibility index (Phi) is 3.51. The lowest BCUT2D eigenvalue weighted by atomic mass is 9.96. The topological polar surface area (TPSA) is 39.2 Å². The van der Waals surface area contributed by atoms with Crippen molar-refractivity contribution in [2.45, 2.75) is 31.8 Å². The lowest BCUT2D eigenvalue weighted by Crippen LogP contribution is -2.24. The molecule has 3 rings (SSSR count). The molecule has 1 fully saturated rings. The summed E-state index contributed by atoms with van der Waals surface area (Å²) in [5, 5.41) is 2.20. The number of hydrogen-bond donors (Lipinski definition) is 0. The monoisotopic (exact) mass is 319 g/mol. The molecule has 0 amide bonds. The van der Waals surface area contributed by atoms with E-state index in [1.807, 2.05) is 30.5 Å². The number of carbonyl (C=O) groups is 1. The first-order valence-electron chi connectivity index (χ1n) is 6.44. The maximum Gasteiger partial charge on any atom is 0.214 e. The second kappa shape index (κ2) is 5.29. The lowest BCUT2D eigenvalue weighted by Gasteiger charge is -2.21. The van der Waals surface area contributed by atoms with Gasteiger partial charge in [0.1, 0.15) is 11.9 Å². The summed E-state index contributed by atoms with van der Waals surface area (Å²) >= 11 is 3.46. The van der Waals surface area contributed by atoms with Gasteiger partial charge in [-0.1, -0.05) is 22.0 Å². The number of rotatable bonds is 2. The molecule has 2 aromatic rings. The number of pyridine rings is 1. The van der Waals surface area contributed by atoms with Gasteiger partial charge in [0.05, 0.1) is 0 Å². The summed E-state index contributed by atoms with van der Waals surface area (Å²) in [7, 11) is 0. The third-order valence-electron chi connectivity index (χ3n) is 3.44. The van der Waals surface area contributed by atoms with E-state index >= 15 is 0 Å². The summed E-state index contributed by atoms with van der Waals surface area (Å²) in [4.78, 5) is 15.5. The molecule has 0 aliphatic heterocycles. The lowest BCUT2D eigenvalue weighted by molar-refractivity contribution is -0.121. The van der Waals surface area contributed by atoms with Crippen LogP contribution in [-0.2, 0) is 4.79 Å². The van der Waals surface area contributed by atoms with Gasteiger partial charge < -0.3 is 4.74 Å². The van der Waals surface area contributed by atoms with E-state index in [-0.39, 0.29) is 6.10 Å². The Bertz CT molecular complexity index is 617. The molecule has 1 aromatic carbocycles. The largest absolute Gasteiger partial charge is 0.474 e. The quantitative estimate of drug-likeness (QED) is 0.843. The summed E-state index contributed by atoms with van der Waals surface area (Å²) in [5.41, 5.74) is 0. The van der Waals surface area contributed by atoms with Crippen LogP contribution in [0, 0.1) is 0 Å². The average Bonchev–Trinajstić information content (AvgIpc) is 2.41. The highest BCUT2D eigenvalue weighted by Crippen LogP contribution is 2.25. The Morgan fingerprint density at radius 3 is 2.74 bits per heavy atom. The molecule has 1 aromatic heterocycles. The molecule has 0 atom stereocenters. The third kappa shape index (κ3) is 2.95. The molecule has 0 radical (unpaired) electrons. The molecule has 4 heteroatoms. The van der Waals surface area contributed by atoms with Crippen LogP contribution >= 0.6 is 15.9 Å². The van der Waals surface area contributed by atoms with Gasteiger partial charge in [0, 0.05) is 35.0 Å². The zero-order valence-electron chi connectivity index (χ0n) is 10.4. The summed E-state index contributed by atoms with van der Waals surface area (Å²) < 4.78 is 6.92. The van der Waals surface area contributed by atoms with Crippen LogP contribution in [0.15, 0.2) is 34.9 Å². The zero-order valence-corrected chi connectivity index (χ0v) is 12.0. The Balaban J connectivity index is 1.79. The molecule has 3 nitrogen and oxygen atoms in total. The maximum absolute atomic E-state index is 11.2. The predicted octanol–water partition coefficient (Wildman–Crippen LogP) is 3.89. The van der Waals surface area contributed by atoms with Gasteiger partial charge >= 0.3 is 0 Å². The second-order valence-electron chi connectivity index (χ2n) is 4.87. The SMILES string of the molecule is O=C1CCC(Oc2cc3cc(Br)ccc3cn2)CC1. The molecule has 1 heterocycles. The minimum atomic E-state index is 0.120. The summed E-state index contributed by atoms with van der Waals surface area (Å²) in [6.07, 6.45) is 4.81. The van der Waals surface area contributed by atoms with Crippen molar-refractivity contribution in [1.29, 1.82) is 0 Å². The van der Waals surface area contributed by atoms with E-state index in [2.05, 4.69) is 20.9 Å². The first kappa shape index (κ1) is 12.6. The van der Waals surface area contributed by atoms with Crippen molar-refractivity contribution in [3.8, 4) is 5.88 Å². The number of halogens is 1. The van der Waals surface area contributed by atoms with E-state index < -0.39 is 0 Å². The van der Waals surface area contributed by atoms with Crippen molar-refractivity contribution in [2.24, 2.45) is 0 Å². The van der Waals surface area contributed by atoms with Crippen molar-refractivity contribution in [3.63, 3.8) is 0 Å².